The fourth-order valence-electron chi connectivity index (χ4n) is 2.08. The maximum atomic E-state index is 5.47. The van der Waals surface area contributed by atoms with Crippen molar-refractivity contribution < 1.29 is 0 Å². The first kappa shape index (κ1) is 14.3. The van der Waals surface area contributed by atoms with Crippen molar-refractivity contribution in [2.75, 3.05) is 18.4 Å². The van der Waals surface area contributed by atoms with E-state index in [9.17, 15) is 0 Å². The summed E-state index contributed by atoms with van der Waals surface area (Å²) in [5, 5.41) is 6.35. The second-order valence-corrected chi connectivity index (χ2v) is 4.83. The van der Waals surface area contributed by atoms with E-state index >= 15 is 0 Å². The minimum absolute atomic E-state index is 0.682. The molecular weight excluding hydrogens is 264 g/mol. The third-order valence-corrected chi connectivity index (χ3v) is 3.38. The molecule has 2 aromatic carbocycles. The van der Waals surface area contributed by atoms with Crippen molar-refractivity contribution in [2.45, 2.75) is 0 Å². The molecule has 0 atom stereocenters. The highest BCUT2D eigenvalue weighted by atomic mass is 32.1. The topological polar surface area (TPSA) is 15.3 Å². The maximum Gasteiger partial charge on any atom is 0.174 e. The summed E-state index contributed by atoms with van der Waals surface area (Å²) in [6.07, 6.45) is 3.67. The van der Waals surface area contributed by atoms with E-state index in [1.165, 1.54) is 5.39 Å². The minimum atomic E-state index is 0.682. The molecule has 0 aliphatic carbocycles. The van der Waals surface area contributed by atoms with E-state index in [0.717, 1.165) is 11.1 Å². The zero-order chi connectivity index (χ0) is 14.4. The van der Waals surface area contributed by atoms with Gasteiger partial charge in [0.05, 0.1) is 0 Å². The molecule has 0 spiro atoms. The van der Waals surface area contributed by atoms with Crippen LogP contribution in [0, 0.1) is 0 Å². The number of hydrogen-bond acceptors (Lipinski definition) is 1. The molecule has 2 aromatic rings. The van der Waals surface area contributed by atoms with Crippen LogP contribution >= 0.6 is 12.2 Å². The molecule has 0 aliphatic heterocycles. The number of fused-ring (bicyclic) bond motifs is 1. The summed E-state index contributed by atoms with van der Waals surface area (Å²) in [5.74, 6) is 0. The van der Waals surface area contributed by atoms with E-state index in [-0.39, 0.29) is 0 Å². The Labute approximate surface area is 125 Å². The van der Waals surface area contributed by atoms with Gasteiger partial charge in [-0.25, -0.2) is 0 Å². The number of anilines is 1. The molecule has 3 heteroatoms. The smallest absolute Gasteiger partial charge is 0.174 e. The van der Waals surface area contributed by atoms with Gasteiger partial charge in [0.1, 0.15) is 0 Å². The van der Waals surface area contributed by atoms with Gasteiger partial charge in [-0.15, -0.1) is 13.2 Å². The average molecular weight is 282 g/mol. The lowest BCUT2D eigenvalue weighted by Gasteiger charge is -2.23. The van der Waals surface area contributed by atoms with Crippen LogP contribution in [0.1, 0.15) is 0 Å². The van der Waals surface area contributed by atoms with Crippen LogP contribution in [-0.2, 0) is 0 Å². The second-order valence-electron chi connectivity index (χ2n) is 4.44. The highest BCUT2D eigenvalue weighted by molar-refractivity contribution is 7.80. The Morgan fingerprint density at radius 1 is 1.05 bits per heavy atom. The van der Waals surface area contributed by atoms with Crippen LogP contribution in [0.2, 0.25) is 0 Å². The highest BCUT2D eigenvalue weighted by Gasteiger charge is 2.08. The molecule has 0 aromatic heterocycles. The van der Waals surface area contributed by atoms with Crippen molar-refractivity contribution in [3.63, 3.8) is 0 Å². The van der Waals surface area contributed by atoms with Gasteiger partial charge in [0.25, 0.3) is 0 Å². The first-order valence-corrected chi connectivity index (χ1v) is 6.92. The van der Waals surface area contributed by atoms with Crippen LogP contribution < -0.4 is 5.32 Å². The Bertz CT molecular complexity index is 618. The van der Waals surface area contributed by atoms with Crippen molar-refractivity contribution in [3.8, 4) is 0 Å². The summed E-state index contributed by atoms with van der Waals surface area (Å²) in [5.41, 5.74) is 1.02. The van der Waals surface area contributed by atoms with Gasteiger partial charge in [-0.1, -0.05) is 48.6 Å². The summed E-state index contributed by atoms with van der Waals surface area (Å²) < 4.78 is 0. The molecule has 0 radical (unpaired) electrons. The van der Waals surface area contributed by atoms with Gasteiger partial charge in [-0.05, 0) is 23.7 Å². The number of rotatable bonds is 5. The Balaban J connectivity index is 2.24. The fourth-order valence-corrected chi connectivity index (χ4v) is 2.34. The van der Waals surface area contributed by atoms with Crippen molar-refractivity contribution in [1.82, 2.24) is 4.90 Å². The van der Waals surface area contributed by atoms with E-state index in [1.54, 1.807) is 0 Å². The molecule has 0 bridgehead atoms. The number of hydrogen-bond donors (Lipinski definition) is 1. The van der Waals surface area contributed by atoms with Gasteiger partial charge in [-0.2, -0.15) is 0 Å². The van der Waals surface area contributed by atoms with E-state index in [4.69, 9.17) is 12.2 Å². The van der Waals surface area contributed by atoms with Crippen molar-refractivity contribution in [1.29, 1.82) is 0 Å². The molecule has 2 rings (SSSR count). The van der Waals surface area contributed by atoms with Crippen molar-refractivity contribution in [2.24, 2.45) is 0 Å². The Morgan fingerprint density at radius 3 is 2.40 bits per heavy atom. The van der Waals surface area contributed by atoms with E-state index in [1.807, 2.05) is 41.3 Å². The minimum Gasteiger partial charge on any atom is -0.342 e. The molecule has 102 valence electrons. The molecule has 0 unspecified atom stereocenters. The highest BCUT2D eigenvalue weighted by Crippen LogP contribution is 2.23. The summed E-state index contributed by atoms with van der Waals surface area (Å²) in [6, 6.07) is 14.4. The standard InChI is InChI=1S/C17H18N2S/c1-3-12-19(13-4-2)17(20)18-16-11-7-9-14-8-5-6-10-15(14)16/h3-11H,1-2,12-13H2,(H,18,20). The molecule has 0 aliphatic rings. The van der Waals surface area contributed by atoms with Crippen molar-refractivity contribution >= 4 is 33.8 Å². The van der Waals surface area contributed by atoms with Crippen molar-refractivity contribution in [3.05, 3.63) is 67.8 Å². The molecule has 2 nitrogen and oxygen atoms in total. The SMILES string of the molecule is C=CCN(CC=C)C(=S)Nc1cccc2ccccc12. The van der Waals surface area contributed by atoms with E-state index < -0.39 is 0 Å². The lowest BCUT2D eigenvalue weighted by Crippen LogP contribution is -2.34. The first-order valence-electron chi connectivity index (χ1n) is 6.51. The average Bonchev–Trinajstić information content (AvgIpc) is 2.47. The molecule has 0 heterocycles. The Kier molecular flexibility index (Phi) is 4.91. The van der Waals surface area contributed by atoms with Gasteiger partial charge >= 0.3 is 0 Å². The Hall–Kier alpha value is -2.13. The second kappa shape index (κ2) is 6.87. The zero-order valence-electron chi connectivity index (χ0n) is 11.4. The molecule has 20 heavy (non-hydrogen) atoms. The molecule has 0 fully saturated rings. The predicted molar refractivity (Wildman–Crippen MR) is 92.1 cm³/mol. The summed E-state index contributed by atoms with van der Waals surface area (Å²) in [7, 11) is 0. The van der Waals surface area contributed by atoms with Gasteiger partial charge < -0.3 is 10.2 Å². The van der Waals surface area contributed by atoms with Gasteiger partial charge in [0.2, 0.25) is 0 Å². The lowest BCUT2D eigenvalue weighted by atomic mass is 10.1. The summed E-state index contributed by atoms with van der Waals surface area (Å²) in [4.78, 5) is 2.01. The van der Waals surface area contributed by atoms with Crippen LogP contribution in [-0.4, -0.2) is 23.1 Å². The number of benzene rings is 2. The zero-order valence-corrected chi connectivity index (χ0v) is 12.2. The van der Waals surface area contributed by atoms with Gasteiger partial charge in [0, 0.05) is 24.2 Å². The van der Waals surface area contributed by atoms with Gasteiger partial charge in [-0.3, -0.25) is 0 Å². The first-order chi connectivity index (χ1) is 9.76. The molecule has 0 amide bonds. The number of nitrogens with zero attached hydrogens (tertiary/aromatic N) is 1. The summed E-state index contributed by atoms with van der Waals surface area (Å²) in [6.45, 7) is 8.91. The van der Waals surface area contributed by atoms with Gasteiger partial charge in [0.15, 0.2) is 5.11 Å². The van der Waals surface area contributed by atoms with E-state index in [0.29, 0.717) is 18.2 Å². The molecular formula is C17H18N2S. The lowest BCUT2D eigenvalue weighted by molar-refractivity contribution is 0.522. The quantitative estimate of drug-likeness (QED) is 0.653. The monoisotopic (exact) mass is 282 g/mol. The summed E-state index contributed by atoms with van der Waals surface area (Å²) >= 11 is 5.47. The van der Waals surface area contributed by atoms with Crippen LogP contribution in [0.15, 0.2) is 67.8 Å². The fraction of sp³-hybridized carbons (Fsp3) is 0.118. The molecule has 1 N–H and O–H groups in total. The third kappa shape index (κ3) is 3.25. The van der Waals surface area contributed by atoms with Crippen LogP contribution in [0.25, 0.3) is 10.8 Å². The molecule has 0 saturated carbocycles. The largest absolute Gasteiger partial charge is 0.342 e. The third-order valence-electron chi connectivity index (χ3n) is 3.02. The Morgan fingerprint density at radius 2 is 1.70 bits per heavy atom. The molecule has 0 saturated heterocycles. The van der Waals surface area contributed by atoms with Crippen LogP contribution in [0.4, 0.5) is 5.69 Å². The van der Waals surface area contributed by atoms with E-state index in [2.05, 4.69) is 36.7 Å². The number of nitrogens with one attached hydrogen (secondary N) is 1. The maximum absolute atomic E-state index is 5.47. The van der Waals surface area contributed by atoms with Crippen LogP contribution in [0.5, 0.6) is 0 Å². The predicted octanol–water partition coefficient (Wildman–Crippen LogP) is 4.21. The van der Waals surface area contributed by atoms with Crippen LogP contribution in [0.3, 0.4) is 0 Å². The number of thiocarbonyl (C=S) groups is 1. The normalized spacial score (nSPS) is 10.0.